The van der Waals surface area contributed by atoms with E-state index in [1.54, 1.807) is 6.08 Å². The molecule has 7 heteroatoms. The molecule has 0 radical (unpaired) electrons. The summed E-state index contributed by atoms with van der Waals surface area (Å²) >= 11 is 0. The van der Waals surface area contributed by atoms with Gasteiger partial charge in [0.2, 0.25) is 0 Å². The van der Waals surface area contributed by atoms with Crippen molar-refractivity contribution in [1.82, 2.24) is 0 Å². The van der Waals surface area contributed by atoms with Crippen LogP contribution in [0.25, 0.3) is 6.08 Å². The Morgan fingerprint density at radius 2 is 1.49 bits per heavy atom. The Labute approximate surface area is 219 Å². The summed E-state index contributed by atoms with van der Waals surface area (Å²) in [6.07, 6.45) is 3.66. The number of amides is 1. The van der Waals surface area contributed by atoms with Gasteiger partial charge in [-0.15, -0.1) is 0 Å². The molecule has 0 aliphatic heterocycles. The molecular formula is C30H36N2O5. The molecule has 0 aromatic heterocycles. The first-order chi connectivity index (χ1) is 17.6. The number of carbonyl (C=O) groups is 2. The third kappa shape index (κ3) is 12.4. The lowest BCUT2D eigenvalue weighted by Crippen LogP contribution is -2.26. The molecule has 37 heavy (non-hydrogen) atoms. The van der Waals surface area contributed by atoms with Gasteiger partial charge >= 0.3 is 12.1 Å². The first-order valence-electron chi connectivity index (χ1n) is 12.1. The fraction of sp³-hybridized carbons (Fsp3) is 0.267. The van der Waals surface area contributed by atoms with Crippen molar-refractivity contribution in [1.29, 1.82) is 0 Å². The van der Waals surface area contributed by atoms with Gasteiger partial charge in [0, 0.05) is 12.0 Å². The van der Waals surface area contributed by atoms with E-state index in [1.165, 1.54) is 4.90 Å². The number of rotatable bonds is 10. The maximum absolute atomic E-state index is 12.8. The van der Waals surface area contributed by atoms with Gasteiger partial charge in [-0.05, 0) is 75.2 Å². The molecule has 0 heterocycles. The molecule has 0 bridgehead atoms. The summed E-state index contributed by atoms with van der Waals surface area (Å²) in [7, 11) is 0. The summed E-state index contributed by atoms with van der Waals surface area (Å²) in [6, 6.07) is 26.1. The Kier molecular flexibility index (Phi) is 11.9. The number of nitrogens with two attached hydrogens (primary N) is 1. The van der Waals surface area contributed by atoms with Crippen LogP contribution in [-0.2, 0) is 9.53 Å². The number of aliphatic carboxylic acids is 1. The van der Waals surface area contributed by atoms with Crippen LogP contribution in [0.3, 0.4) is 0 Å². The van der Waals surface area contributed by atoms with E-state index in [9.17, 15) is 9.59 Å². The van der Waals surface area contributed by atoms with Crippen molar-refractivity contribution in [3.63, 3.8) is 0 Å². The number of benzene rings is 3. The molecule has 0 aliphatic rings. The summed E-state index contributed by atoms with van der Waals surface area (Å²) in [5, 5.41) is 8.67. The molecule has 0 atom stereocenters. The lowest BCUT2D eigenvalue weighted by atomic mass is 10.1. The number of ether oxygens (including phenoxy) is 2. The minimum absolute atomic E-state index is 0. The summed E-state index contributed by atoms with van der Waals surface area (Å²) in [5.41, 5.74) is 7.69. The zero-order valence-electron chi connectivity index (χ0n) is 21.7. The summed E-state index contributed by atoms with van der Waals surface area (Å²) < 4.78 is 11.1. The molecular weight excluding hydrogens is 468 g/mol. The van der Waals surface area contributed by atoms with Crippen LogP contribution in [0.1, 0.15) is 39.2 Å². The molecule has 7 nitrogen and oxygen atoms in total. The third-order valence-corrected chi connectivity index (χ3v) is 4.49. The van der Waals surface area contributed by atoms with Crippen molar-refractivity contribution in [2.45, 2.75) is 39.2 Å². The highest BCUT2D eigenvalue weighted by Crippen LogP contribution is 2.25. The fourth-order valence-corrected chi connectivity index (χ4v) is 3.00. The molecule has 3 N–H and O–H groups in total. The van der Waals surface area contributed by atoms with Crippen LogP contribution in [0.2, 0.25) is 0 Å². The molecule has 3 aromatic rings. The van der Waals surface area contributed by atoms with E-state index in [0.717, 1.165) is 16.9 Å². The monoisotopic (exact) mass is 504 g/mol. The largest absolute Gasteiger partial charge is 0.494 e. The lowest BCUT2D eigenvalue weighted by molar-refractivity contribution is -0.137. The van der Waals surface area contributed by atoms with Crippen LogP contribution in [0.5, 0.6) is 5.75 Å². The van der Waals surface area contributed by atoms with Crippen molar-refractivity contribution in [3.05, 3.63) is 96.6 Å². The standard InChI is InChI=1S/C26H25NO5.C4H11N/c28-25(29)17-9-18-31-24-16-7-10-21(20-24)11-8-19-32-26(30)27(22-12-3-1-4-13-22)23-14-5-2-6-15-23;1-4(2,3)5/h1-8,10-16,20H,9,17-19H2,(H,28,29);5H2,1-3H3/b11-8-;. The smallest absolute Gasteiger partial charge is 0.419 e. The number of anilines is 2. The van der Waals surface area contributed by atoms with Gasteiger partial charge in [-0.3, -0.25) is 4.79 Å². The quantitative estimate of drug-likeness (QED) is 0.299. The zero-order valence-corrected chi connectivity index (χ0v) is 21.7. The molecule has 0 fully saturated rings. The molecule has 196 valence electrons. The summed E-state index contributed by atoms with van der Waals surface area (Å²) in [4.78, 5) is 24.9. The number of para-hydroxylation sites is 2. The minimum Gasteiger partial charge on any atom is -0.494 e. The second kappa shape index (κ2) is 15.1. The van der Waals surface area contributed by atoms with Gasteiger partial charge in [0.25, 0.3) is 0 Å². The van der Waals surface area contributed by atoms with Crippen molar-refractivity contribution in [2.75, 3.05) is 18.1 Å². The Morgan fingerprint density at radius 1 is 0.919 bits per heavy atom. The van der Waals surface area contributed by atoms with Gasteiger partial charge < -0.3 is 20.3 Å². The molecule has 0 saturated heterocycles. The Bertz CT molecular complexity index is 1080. The van der Waals surface area contributed by atoms with Gasteiger partial charge in [-0.2, -0.15) is 0 Å². The van der Waals surface area contributed by atoms with Crippen LogP contribution < -0.4 is 15.4 Å². The highest BCUT2D eigenvalue weighted by Gasteiger charge is 2.18. The second-order valence-electron chi connectivity index (χ2n) is 9.27. The number of carboxylic acids is 1. The number of carbonyl (C=O) groups excluding carboxylic acids is 1. The van der Waals surface area contributed by atoms with Crippen molar-refractivity contribution >= 4 is 29.5 Å². The normalized spacial score (nSPS) is 10.8. The minimum atomic E-state index is -0.835. The van der Waals surface area contributed by atoms with Gasteiger partial charge in [0.15, 0.2) is 0 Å². The molecule has 3 rings (SSSR count). The predicted molar refractivity (Wildman–Crippen MR) is 148 cm³/mol. The van der Waals surface area contributed by atoms with Crippen molar-refractivity contribution in [2.24, 2.45) is 5.73 Å². The van der Waals surface area contributed by atoms with E-state index in [4.69, 9.17) is 20.3 Å². The van der Waals surface area contributed by atoms with Gasteiger partial charge in [-0.1, -0.05) is 54.6 Å². The third-order valence-electron chi connectivity index (χ3n) is 4.49. The summed E-state index contributed by atoms with van der Waals surface area (Å²) in [6.45, 7) is 6.34. The van der Waals surface area contributed by atoms with E-state index in [-0.39, 0.29) is 18.6 Å². The van der Waals surface area contributed by atoms with Crippen molar-refractivity contribution < 1.29 is 24.2 Å². The van der Waals surface area contributed by atoms with Crippen LogP contribution in [-0.4, -0.2) is 35.9 Å². The fourth-order valence-electron chi connectivity index (χ4n) is 3.00. The molecule has 0 unspecified atom stereocenters. The van der Waals surface area contributed by atoms with Gasteiger partial charge in [-0.25, -0.2) is 9.69 Å². The Morgan fingerprint density at radius 3 is 2.03 bits per heavy atom. The SMILES string of the molecule is CC(C)(C)N.O=C(O)CCCOc1cccc(/C=C\COC(=O)N(c2ccccc2)c2ccccc2)c1. The van der Waals surface area contributed by atoms with Crippen LogP contribution >= 0.6 is 0 Å². The molecule has 0 saturated carbocycles. The first-order valence-corrected chi connectivity index (χ1v) is 12.1. The Hall–Kier alpha value is -4.10. The molecule has 1 amide bonds. The molecule has 0 spiro atoms. The predicted octanol–water partition coefficient (Wildman–Crippen LogP) is 6.66. The van der Waals surface area contributed by atoms with Crippen LogP contribution in [0.4, 0.5) is 16.2 Å². The molecule has 3 aromatic carbocycles. The summed E-state index contributed by atoms with van der Waals surface area (Å²) in [5.74, 6) is -0.174. The maximum Gasteiger partial charge on any atom is 0.419 e. The lowest BCUT2D eigenvalue weighted by Gasteiger charge is -2.22. The van der Waals surface area contributed by atoms with E-state index >= 15 is 0 Å². The number of carboxylic acid groups (broad SMARTS) is 1. The first kappa shape index (κ1) is 29.1. The average Bonchev–Trinajstić information content (AvgIpc) is 2.85. The highest BCUT2D eigenvalue weighted by atomic mass is 16.6. The zero-order chi connectivity index (χ0) is 27.1. The number of hydrogen-bond donors (Lipinski definition) is 2. The molecule has 0 aliphatic carbocycles. The van der Waals surface area contributed by atoms with Crippen LogP contribution in [0.15, 0.2) is 91.0 Å². The number of nitrogens with zero attached hydrogens (tertiary/aromatic N) is 1. The van der Waals surface area contributed by atoms with E-state index in [2.05, 4.69) is 0 Å². The van der Waals surface area contributed by atoms with Crippen molar-refractivity contribution in [3.8, 4) is 5.75 Å². The maximum atomic E-state index is 12.8. The van der Waals surface area contributed by atoms with Crippen LogP contribution in [0, 0.1) is 0 Å². The second-order valence-corrected chi connectivity index (χ2v) is 9.27. The average molecular weight is 505 g/mol. The van der Waals surface area contributed by atoms with E-state index in [0.29, 0.717) is 18.8 Å². The Balaban J connectivity index is 0.000000877. The van der Waals surface area contributed by atoms with E-state index < -0.39 is 12.1 Å². The van der Waals surface area contributed by atoms with Gasteiger partial charge in [0.1, 0.15) is 12.4 Å². The van der Waals surface area contributed by atoms with E-state index in [1.807, 2.05) is 112 Å². The van der Waals surface area contributed by atoms with Gasteiger partial charge in [0.05, 0.1) is 18.0 Å². The topological polar surface area (TPSA) is 102 Å². The number of hydrogen-bond acceptors (Lipinski definition) is 5. The highest BCUT2D eigenvalue weighted by molar-refractivity contribution is 5.95.